The van der Waals surface area contributed by atoms with Crippen LogP contribution in [0, 0.1) is 17.0 Å². The fourth-order valence-electron chi connectivity index (χ4n) is 2.17. The first-order chi connectivity index (χ1) is 10.9. The molecule has 1 aromatic carbocycles. The summed E-state index contributed by atoms with van der Waals surface area (Å²) < 4.78 is 11.6. The molecule has 8 nitrogen and oxygen atoms in total. The van der Waals surface area contributed by atoms with Gasteiger partial charge in [-0.3, -0.25) is 24.2 Å². The van der Waals surface area contributed by atoms with Crippen molar-refractivity contribution in [2.45, 2.75) is 13.0 Å². The average Bonchev–Trinajstić information content (AvgIpc) is 2.89. The standard InChI is InChI=1S/C14H16N4O4S/c1-9-13(18(20)21)12(17-16-9)14(19)15-11(8-23(2)22)10-6-4-3-5-7-10/h3-7,11H,8H2,1-2H3,(H,15,19)(H,16,17)/t11-,23+/m0/s1. The second kappa shape index (κ2) is 7.14. The van der Waals surface area contributed by atoms with E-state index in [-0.39, 0.29) is 22.8 Å². The van der Waals surface area contributed by atoms with Gasteiger partial charge in [-0.25, -0.2) is 0 Å². The van der Waals surface area contributed by atoms with Gasteiger partial charge in [-0.05, 0) is 12.5 Å². The molecule has 2 rings (SSSR count). The zero-order chi connectivity index (χ0) is 17.0. The van der Waals surface area contributed by atoms with E-state index >= 15 is 0 Å². The van der Waals surface area contributed by atoms with E-state index in [0.717, 1.165) is 5.56 Å². The molecule has 0 bridgehead atoms. The lowest BCUT2D eigenvalue weighted by atomic mass is 10.1. The molecule has 0 aliphatic heterocycles. The number of carbonyl (C=O) groups is 1. The van der Waals surface area contributed by atoms with Crippen molar-refractivity contribution in [2.24, 2.45) is 0 Å². The van der Waals surface area contributed by atoms with Gasteiger partial charge in [0.05, 0.1) is 11.0 Å². The van der Waals surface area contributed by atoms with Gasteiger partial charge in [0, 0.05) is 22.8 Å². The Balaban J connectivity index is 2.28. The van der Waals surface area contributed by atoms with Gasteiger partial charge in [0.2, 0.25) is 5.69 Å². The summed E-state index contributed by atoms with van der Waals surface area (Å²) in [6.45, 7) is 1.47. The summed E-state index contributed by atoms with van der Waals surface area (Å²) in [7, 11) is -1.15. The molecular weight excluding hydrogens is 320 g/mol. The van der Waals surface area contributed by atoms with E-state index in [1.165, 1.54) is 13.2 Å². The Bertz CT molecular complexity index is 744. The van der Waals surface area contributed by atoms with Crippen LogP contribution in [-0.2, 0) is 10.8 Å². The Morgan fingerprint density at radius 2 is 2.09 bits per heavy atom. The predicted molar refractivity (Wildman–Crippen MR) is 85.6 cm³/mol. The van der Waals surface area contributed by atoms with Gasteiger partial charge >= 0.3 is 5.69 Å². The van der Waals surface area contributed by atoms with Crippen LogP contribution in [0.2, 0.25) is 0 Å². The molecule has 1 heterocycles. The lowest BCUT2D eigenvalue weighted by Crippen LogP contribution is -2.32. The maximum Gasteiger partial charge on any atom is 0.322 e. The van der Waals surface area contributed by atoms with Crippen molar-refractivity contribution < 1.29 is 13.9 Å². The van der Waals surface area contributed by atoms with Crippen LogP contribution in [0.25, 0.3) is 0 Å². The van der Waals surface area contributed by atoms with E-state index < -0.39 is 27.7 Å². The summed E-state index contributed by atoms with van der Waals surface area (Å²) >= 11 is 0. The Kier molecular flexibility index (Phi) is 5.22. The summed E-state index contributed by atoms with van der Waals surface area (Å²) in [4.78, 5) is 22.8. The molecule has 0 spiro atoms. The second-order valence-corrected chi connectivity index (χ2v) is 6.46. The molecule has 0 aliphatic rings. The SMILES string of the molecule is Cc1[nH]nc(C(=O)N[C@@H](C[S@@](C)=O)c2ccccc2)c1[N+](=O)[O-]. The van der Waals surface area contributed by atoms with Crippen molar-refractivity contribution in [3.63, 3.8) is 0 Å². The number of rotatable bonds is 6. The predicted octanol–water partition coefficient (Wildman–Crippen LogP) is 1.48. The molecule has 1 aromatic heterocycles. The van der Waals surface area contributed by atoms with Gasteiger partial charge in [0.25, 0.3) is 5.91 Å². The molecule has 0 fully saturated rings. The Morgan fingerprint density at radius 1 is 1.43 bits per heavy atom. The number of nitrogens with zero attached hydrogens (tertiary/aromatic N) is 2. The fourth-order valence-corrected chi connectivity index (χ4v) is 2.92. The molecule has 1 amide bonds. The van der Waals surface area contributed by atoms with Gasteiger partial charge in [-0.1, -0.05) is 30.3 Å². The highest BCUT2D eigenvalue weighted by Crippen LogP contribution is 2.21. The molecule has 2 aromatic rings. The number of aromatic amines is 1. The van der Waals surface area contributed by atoms with Crippen LogP contribution in [0.4, 0.5) is 5.69 Å². The molecule has 2 N–H and O–H groups in total. The normalized spacial score (nSPS) is 13.3. The van der Waals surface area contributed by atoms with Crippen molar-refractivity contribution in [1.29, 1.82) is 0 Å². The summed E-state index contributed by atoms with van der Waals surface area (Å²) in [5.74, 6) is -0.479. The molecule has 23 heavy (non-hydrogen) atoms. The number of nitro groups is 1. The van der Waals surface area contributed by atoms with Crippen molar-refractivity contribution in [2.75, 3.05) is 12.0 Å². The number of hydrogen-bond acceptors (Lipinski definition) is 5. The average molecular weight is 336 g/mol. The van der Waals surface area contributed by atoms with Gasteiger partial charge in [-0.2, -0.15) is 5.10 Å². The minimum Gasteiger partial charge on any atom is -0.343 e. The quantitative estimate of drug-likeness (QED) is 0.612. The van der Waals surface area contributed by atoms with Crippen molar-refractivity contribution in [3.8, 4) is 0 Å². The first-order valence-corrected chi connectivity index (χ1v) is 8.48. The molecular formula is C14H16N4O4S. The number of aryl methyl sites for hydroxylation is 1. The molecule has 0 radical (unpaired) electrons. The maximum absolute atomic E-state index is 12.4. The first kappa shape index (κ1) is 16.8. The number of aromatic nitrogens is 2. The highest BCUT2D eigenvalue weighted by Gasteiger charge is 2.29. The zero-order valence-electron chi connectivity index (χ0n) is 12.6. The summed E-state index contributed by atoms with van der Waals surface area (Å²) in [5.41, 5.74) is 0.337. The highest BCUT2D eigenvalue weighted by molar-refractivity contribution is 7.84. The number of nitrogens with one attached hydrogen (secondary N) is 2. The van der Waals surface area contributed by atoms with E-state index in [0.29, 0.717) is 0 Å². The third-order valence-corrected chi connectivity index (χ3v) is 4.02. The van der Waals surface area contributed by atoms with E-state index in [4.69, 9.17) is 0 Å². The van der Waals surface area contributed by atoms with Crippen LogP contribution in [-0.4, -0.2) is 37.2 Å². The largest absolute Gasteiger partial charge is 0.343 e. The van der Waals surface area contributed by atoms with Crippen molar-refractivity contribution in [1.82, 2.24) is 15.5 Å². The smallest absolute Gasteiger partial charge is 0.322 e. The van der Waals surface area contributed by atoms with E-state index in [1.807, 2.05) is 6.07 Å². The summed E-state index contributed by atoms with van der Waals surface area (Å²) in [6, 6.07) is 8.49. The summed E-state index contributed by atoms with van der Waals surface area (Å²) in [5, 5.41) is 19.9. The fraction of sp³-hybridized carbons (Fsp3) is 0.286. The van der Waals surface area contributed by atoms with E-state index in [1.54, 1.807) is 24.3 Å². The minimum absolute atomic E-state index is 0.201. The molecule has 2 atom stereocenters. The van der Waals surface area contributed by atoms with Crippen LogP contribution in [0.3, 0.4) is 0 Å². The number of carbonyl (C=O) groups excluding carboxylic acids is 1. The van der Waals surface area contributed by atoms with Gasteiger partial charge in [0.1, 0.15) is 5.69 Å². The Labute approximate surface area is 134 Å². The molecule has 122 valence electrons. The number of benzene rings is 1. The third kappa shape index (κ3) is 4.01. The van der Waals surface area contributed by atoms with Crippen LogP contribution in [0.5, 0.6) is 0 Å². The van der Waals surface area contributed by atoms with Crippen LogP contribution < -0.4 is 5.32 Å². The lowest BCUT2D eigenvalue weighted by Gasteiger charge is -2.17. The molecule has 0 saturated carbocycles. The maximum atomic E-state index is 12.4. The topological polar surface area (TPSA) is 118 Å². The molecule has 0 saturated heterocycles. The van der Waals surface area contributed by atoms with Crippen molar-refractivity contribution in [3.05, 3.63) is 57.4 Å². The molecule has 9 heteroatoms. The highest BCUT2D eigenvalue weighted by atomic mass is 32.2. The van der Waals surface area contributed by atoms with Gasteiger partial charge < -0.3 is 5.32 Å². The first-order valence-electron chi connectivity index (χ1n) is 6.75. The van der Waals surface area contributed by atoms with Crippen LogP contribution >= 0.6 is 0 Å². The zero-order valence-corrected chi connectivity index (χ0v) is 13.4. The number of H-pyrrole nitrogens is 1. The minimum atomic E-state index is -1.15. The van der Waals surface area contributed by atoms with E-state index in [9.17, 15) is 19.1 Å². The Morgan fingerprint density at radius 3 is 2.65 bits per heavy atom. The molecule has 0 aliphatic carbocycles. The third-order valence-electron chi connectivity index (χ3n) is 3.22. The lowest BCUT2D eigenvalue weighted by molar-refractivity contribution is -0.385. The second-order valence-electron chi connectivity index (χ2n) is 4.98. The number of hydrogen-bond donors (Lipinski definition) is 2. The van der Waals surface area contributed by atoms with Crippen LogP contribution in [0.1, 0.15) is 27.8 Å². The van der Waals surface area contributed by atoms with E-state index in [2.05, 4.69) is 15.5 Å². The monoisotopic (exact) mass is 336 g/mol. The summed E-state index contributed by atoms with van der Waals surface area (Å²) in [6.07, 6.45) is 1.53. The number of amides is 1. The van der Waals surface area contributed by atoms with Gasteiger partial charge in [-0.15, -0.1) is 0 Å². The van der Waals surface area contributed by atoms with Crippen LogP contribution in [0.15, 0.2) is 30.3 Å². The van der Waals surface area contributed by atoms with Gasteiger partial charge in [0.15, 0.2) is 0 Å². The Hall–Kier alpha value is -2.55. The van der Waals surface area contributed by atoms with Crippen molar-refractivity contribution >= 4 is 22.4 Å². The molecule has 0 unspecified atom stereocenters.